The molecular weight excluding hydrogens is 388 g/mol. The summed E-state index contributed by atoms with van der Waals surface area (Å²) >= 11 is 0. The van der Waals surface area contributed by atoms with E-state index in [9.17, 15) is 0 Å². The van der Waals surface area contributed by atoms with Crippen molar-refractivity contribution >= 4 is 9.05 Å². The van der Waals surface area contributed by atoms with Gasteiger partial charge < -0.3 is 28.2 Å². The van der Waals surface area contributed by atoms with Crippen LogP contribution in [0.2, 0.25) is 0 Å². The highest BCUT2D eigenvalue weighted by Crippen LogP contribution is 1.70. The lowest BCUT2D eigenvalue weighted by molar-refractivity contribution is -0.624. The molecule has 0 aliphatic carbocycles. The van der Waals surface area contributed by atoms with Crippen molar-refractivity contribution in [1.29, 1.82) is 0 Å². The summed E-state index contributed by atoms with van der Waals surface area (Å²) in [5, 5.41) is 0. The lowest BCUT2D eigenvalue weighted by Gasteiger charge is -2.67. The number of nitrogens with one attached hydrogen (secondary N) is 4. The minimum Gasteiger partial charge on any atom is -0.894 e. The Labute approximate surface area is 171 Å². The first kappa shape index (κ1) is 25.7. The van der Waals surface area contributed by atoms with E-state index in [1.54, 1.807) is 0 Å². The average Bonchev–Trinajstić information content (AvgIpc) is 2.79. The second-order valence-corrected chi connectivity index (χ2v) is 5.81. The Bertz CT molecular complexity index is 527. The van der Waals surface area contributed by atoms with E-state index >= 15 is 0 Å². The minimum absolute atomic E-state index is 1.88. The molecule has 0 atom stereocenters. The summed E-state index contributed by atoms with van der Waals surface area (Å²) in [7, 11) is -5.61. The van der Waals surface area contributed by atoms with E-state index in [0.29, 0.717) is 0 Å². The Kier molecular flexibility index (Phi) is 17.2. The molecule has 0 unspecified atom stereocenters. The molecule has 0 radical (unpaired) electrons. The van der Waals surface area contributed by atoms with Gasteiger partial charge in [0.05, 0.1) is 0 Å². The Morgan fingerprint density at radius 3 is 0.483 bits per heavy atom. The SMILES string of the molecule is [O-][Si]([O-])([O-])[O-].c1cc[nH+]cc1.c1cc[nH+]cc1.c1cc[nH+]cc1.c1cc[nH+]cc1. The van der Waals surface area contributed by atoms with Gasteiger partial charge in [0.25, 0.3) is 0 Å². The van der Waals surface area contributed by atoms with Crippen molar-refractivity contribution in [2.24, 2.45) is 0 Å². The summed E-state index contributed by atoms with van der Waals surface area (Å²) in [5.41, 5.74) is 0. The van der Waals surface area contributed by atoms with Crippen molar-refractivity contribution in [3.8, 4) is 0 Å². The number of H-pyrrole nitrogens is 4. The number of hydrogen-bond acceptors (Lipinski definition) is 4. The predicted molar refractivity (Wildman–Crippen MR) is 97.7 cm³/mol. The number of pyridine rings is 4. The maximum atomic E-state index is 8.58. The van der Waals surface area contributed by atoms with E-state index in [0.717, 1.165) is 0 Å². The van der Waals surface area contributed by atoms with Crippen LogP contribution in [0.15, 0.2) is 122 Å². The third-order valence-corrected chi connectivity index (χ3v) is 2.43. The van der Waals surface area contributed by atoms with Crippen LogP contribution in [0.5, 0.6) is 0 Å². The van der Waals surface area contributed by atoms with Gasteiger partial charge in [-0.1, -0.05) is 24.3 Å². The molecule has 4 rings (SSSR count). The molecule has 4 N–H and O–H groups in total. The molecule has 0 amide bonds. The van der Waals surface area contributed by atoms with E-state index in [1.807, 2.05) is 122 Å². The highest BCUT2D eigenvalue weighted by Gasteiger charge is 1.67. The summed E-state index contributed by atoms with van der Waals surface area (Å²) in [4.78, 5) is 45.9. The van der Waals surface area contributed by atoms with Crippen molar-refractivity contribution in [3.63, 3.8) is 0 Å². The van der Waals surface area contributed by atoms with E-state index in [1.165, 1.54) is 0 Å². The van der Waals surface area contributed by atoms with Gasteiger partial charge in [-0.25, -0.2) is 19.9 Å². The van der Waals surface area contributed by atoms with Gasteiger partial charge in [-0.2, -0.15) is 0 Å². The van der Waals surface area contributed by atoms with Gasteiger partial charge in [0.15, 0.2) is 49.6 Å². The Hall–Kier alpha value is -3.34. The number of aromatic amines is 4. The zero-order valence-electron chi connectivity index (χ0n) is 15.7. The van der Waals surface area contributed by atoms with Crippen molar-refractivity contribution < 1.29 is 39.1 Å². The maximum Gasteiger partial charge on any atom is 0.166 e. The van der Waals surface area contributed by atoms with Crippen molar-refractivity contribution in [2.75, 3.05) is 0 Å². The van der Waals surface area contributed by atoms with Crippen molar-refractivity contribution in [1.82, 2.24) is 0 Å². The van der Waals surface area contributed by atoms with Gasteiger partial charge >= 0.3 is 0 Å². The molecule has 0 fully saturated rings. The van der Waals surface area contributed by atoms with Crippen LogP contribution in [0.25, 0.3) is 0 Å². The van der Waals surface area contributed by atoms with Crippen LogP contribution in [0, 0.1) is 0 Å². The Morgan fingerprint density at radius 1 is 0.310 bits per heavy atom. The lowest BCUT2D eigenvalue weighted by Crippen LogP contribution is -2.82. The molecule has 8 nitrogen and oxygen atoms in total. The van der Waals surface area contributed by atoms with Crippen LogP contribution in [-0.4, -0.2) is 9.05 Å². The molecular formula is C20H24N4O4Si. The highest BCUT2D eigenvalue weighted by molar-refractivity contribution is 6.38. The predicted octanol–water partition coefficient (Wildman–Crippen LogP) is -3.13. The minimum atomic E-state index is -5.61. The van der Waals surface area contributed by atoms with Crippen LogP contribution in [0.3, 0.4) is 0 Å². The smallest absolute Gasteiger partial charge is 0.166 e. The molecule has 0 aliphatic heterocycles. The fraction of sp³-hybridized carbons (Fsp3) is 0. The second kappa shape index (κ2) is 19.4. The fourth-order valence-electron chi connectivity index (χ4n) is 1.37. The van der Waals surface area contributed by atoms with Gasteiger partial charge in [0, 0.05) is 48.5 Å². The third kappa shape index (κ3) is 29.7. The summed E-state index contributed by atoms with van der Waals surface area (Å²) < 4.78 is 0. The number of rotatable bonds is 0. The standard InChI is InChI=1S/4C5H5N.O4Si/c4*1-2-4-6-5-3-1;1-5(2,3)4/h4*1-5H;/q;;;;-4/p+4. The highest BCUT2D eigenvalue weighted by atomic mass is 28.4. The third-order valence-electron chi connectivity index (χ3n) is 2.43. The first-order valence-corrected chi connectivity index (χ1v) is 10.1. The van der Waals surface area contributed by atoms with Gasteiger partial charge in [0.1, 0.15) is 0 Å². The molecule has 4 aromatic rings. The summed E-state index contributed by atoms with van der Waals surface area (Å²) in [6.45, 7) is 0. The molecule has 0 aliphatic rings. The van der Waals surface area contributed by atoms with E-state index in [4.69, 9.17) is 19.2 Å². The van der Waals surface area contributed by atoms with Gasteiger partial charge in [-0.3, -0.25) is 0 Å². The molecule has 0 spiro atoms. The molecule has 9 heteroatoms. The summed E-state index contributed by atoms with van der Waals surface area (Å²) in [5.74, 6) is 0. The molecule has 152 valence electrons. The molecule has 0 saturated heterocycles. The quantitative estimate of drug-likeness (QED) is 0.281. The van der Waals surface area contributed by atoms with Crippen LogP contribution in [0.4, 0.5) is 0 Å². The lowest BCUT2D eigenvalue weighted by atomic mass is 10.5. The normalized spacial score (nSPS) is 8.69. The van der Waals surface area contributed by atoms with Crippen molar-refractivity contribution in [3.05, 3.63) is 122 Å². The second-order valence-electron chi connectivity index (χ2n) is 4.81. The average molecular weight is 413 g/mol. The van der Waals surface area contributed by atoms with E-state index in [2.05, 4.69) is 19.9 Å². The first-order chi connectivity index (χ1) is 14.0. The molecule has 4 heterocycles. The zero-order chi connectivity index (χ0) is 21.5. The van der Waals surface area contributed by atoms with Crippen LogP contribution in [-0.2, 0) is 0 Å². The van der Waals surface area contributed by atoms with Crippen molar-refractivity contribution in [2.45, 2.75) is 0 Å². The maximum absolute atomic E-state index is 8.58. The van der Waals surface area contributed by atoms with Gasteiger partial charge in [-0.05, 0) is 0 Å². The van der Waals surface area contributed by atoms with E-state index < -0.39 is 9.05 Å². The molecule has 0 bridgehead atoms. The van der Waals surface area contributed by atoms with Crippen LogP contribution < -0.4 is 39.1 Å². The largest absolute Gasteiger partial charge is 0.894 e. The molecule has 0 aromatic carbocycles. The van der Waals surface area contributed by atoms with Gasteiger partial charge in [-0.15, -0.1) is 0 Å². The summed E-state index contributed by atoms with van der Waals surface area (Å²) in [6, 6.07) is 23.4. The first-order valence-electron chi connectivity index (χ1n) is 8.46. The molecule has 0 saturated carbocycles. The number of aromatic nitrogens is 4. The van der Waals surface area contributed by atoms with E-state index in [-0.39, 0.29) is 0 Å². The topological polar surface area (TPSA) is 149 Å². The van der Waals surface area contributed by atoms with Gasteiger partial charge in [0.2, 0.25) is 0 Å². The monoisotopic (exact) mass is 412 g/mol. The Morgan fingerprint density at radius 2 is 0.448 bits per heavy atom. The zero-order valence-corrected chi connectivity index (χ0v) is 16.7. The van der Waals surface area contributed by atoms with Crippen LogP contribution in [0.1, 0.15) is 0 Å². The fourth-order valence-corrected chi connectivity index (χ4v) is 1.37. The Balaban J connectivity index is 0.000000339. The summed E-state index contributed by atoms with van der Waals surface area (Å²) in [6.07, 6.45) is 15.0. The van der Waals surface area contributed by atoms with Crippen LogP contribution >= 0.6 is 0 Å². The molecule has 4 aromatic heterocycles. The number of hydrogen-bond donors (Lipinski definition) is 0. The molecule has 29 heavy (non-hydrogen) atoms.